The number of hydrogen-bond acceptors (Lipinski definition) is 2. The first-order chi connectivity index (χ1) is 5.77. The van der Waals surface area contributed by atoms with Gasteiger partial charge in [-0.05, 0) is 25.1 Å². The molecule has 2 rings (SSSR count). The van der Waals surface area contributed by atoms with Gasteiger partial charge in [-0.1, -0.05) is 17.7 Å². The highest BCUT2D eigenvalue weighted by atomic mass is 35.5. The van der Waals surface area contributed by atoms with Crippen LogP contribution in [0.5, 0.6) is 5.75 Å². The number of halogens is 1. The monoisotopic (exact) mass is 183 g/mol. The summed E-state index contributed by atoms with van der Waals surface area (Å²) in [5.74, 6) is 0.291. The maximum absolute atomic E-state index is 9.50. The van der Waals surface area contributed by atoms with Gasteiger partial charge in [0, 0.05) is 16.6 Å². The fourth-order valence-electron chi connectivity index (χ4n) is 1.37. The lowest BCUT2D eigenvalue weighted by atomic mass is 9.97. The van der Waals surface area contributed by atoms with Crippen molar-refractivity contribution in [1.29, 1.82) is 0 Å². The van der Waals surface area contributed by atoms with Crippen LogP contribution in [0.4, 0.5) is 0 Å². The quantitative estimate of drug-likeness (QED) is 0.699. The highest BCUT2D eigenvalue weighted by molar-refractivity contribution is 6.30. The minimum atomic E-state index is 0.291. The lowest BCUT2D eigenvalue weighted by Crippen LogP contribution is -2.34. The molecule has 1 aliphatic heterocycles. The Morgan fingerprint density at radius 3 is 2.75 bits per heavy atom. The Morgan fingerprint density at radius 2 is 2.25 bits per heavy atom. The molecule has 0 unspecified atom stereocenters. The van der Waals surface area contributed by atoms with Crippen LogP contribution in [0, 0.1) is 0 Å². The molecule has 0 aliphatic carbocycles. The summed E-state index contributed by atoms with van der Waals surface area (Å²) in [6.07, 6.45) is 1.09. The van der Waals surface area contributed by atoms with Gasteiger partial charge in [0.05, 0.1) is 0 Å². The third-order valence-corrected chi connectivity index (χ3v) is 2.43. The van der Waals surface area contributed by atoms with Crippen LogP contribution in [0.3, 0.4) is 0 Å². The zero-order chi connectivity index (χ0) is 8.55. The smallest absolute Gasteiger partial charge is 0.121 e. The van der Waals surface area contributed by atoms with Crippen LogP contribution < -0.4 is 5.32 Å². The molecule has 0 bridgehead atoms. The van der Waals surface area contributed by atoms with Gasteiger partial charge in [-0.2, -0.15) is 0 Å². The van der Waals surface area contributed by atoms with Crippen molar-refractivity contribution in [3.63, 3.8) is 0 Å². The van der Waals surface area contributed by atoms with Crippen LogP contribution in [0.2, 0.25) is 5.02 Å². The second-order valence-corrected chi connectivity index (χ2v) is 3.43. The van der Waals surface area contributed by atoms with E-state index in [0.717, 1.165) is 18.5 Å². The van der Waals surface area contributed by atoms with E-state index in [4.69, 9.17) is 11.6 Å². The first-order valence-electron chi connectivity index (χ1n) is 3.99. The average molecular weight is 184 g/mol. The molecule has 1 aromatic rings. The van der Waals surface area contributed by atoms with Crippen LogP contribution in [0.15, 0.2) is 18.2 Å². The number of rotatable bonds is 1. The van der Waals surface area contributed by atoms with E-state index in [0.29, 0.717) is 16.8 Å². The molecule has 0 spiro atoms. The van der Waals surface area contributed by atoms with Crippen molar-refractivity contribution in [2.24, 2.45) is 0 Å². The standard InChI is InChI=1S/C9H10ClNO/c10-6-1-2-7(9(12)5-6)8-3-4-11-8/h1-2,5,8,11-12H,3-4H2/t8-/m0/s1. The Balaban J connectivity index is 2.31. The third kappa shape index (κ3) is 1.28. The lowest BCUT2D eigenvalue weighted by molar-refractivity contribution is 0.364. The van der Waals surface area contributed by atoms with Crippen LogP contribution in [-0.4, -0.2) is 11.7 Å². The Bertz CT molecular complexity index is 297. The largest absolute Gasteiger partial charge is 0.508 e. The minimum Gasteiger partial charge on any atom is -0.508 e. The van der Waals surface area contributed by atoms with Gasteiger partial charge in [0.2, 0.25) is 0 Å². The van der Waals surface area contributed by atoms with E-state index < -0.39 is 0 Å². The zero-order valence-electron chi connectivity index (χ0n) is 6.55. The van der Waals surface area contributed by atoms with E-state index in [2.05, 4.69) is 5.32 Å². The molecule has 12 heavy (non-hydrogen) atoms. The van der Waals surface area contributed by atoms with Crippen molar-refractivity contribution in [2.75, 3.05) is 6.54 Å². The molecule has 1 fully saturated rings. The molecular formula is C9H10ClNO. The van der Waals surface area contributed by atoms with Gasteiger partial charge in [0.25, 0.3) is 0 Å². The molecule has 0 amide bonds. The van der Waals surface area contributed by atoms with Gasteiger partial charge in [-0.3, -0.25) is 0 Å². The molecule has 64 valence electrons. The molecular weight excluding hydrogens is 174 g/mol. The molecule has 3 heteroatoms. The molecule has 2 N–H and O–H groups in total. The fourth-order valence-corrected chi connectivity index (χ4v) is 1.53. The second-order valence-electron chi connectivity index (χ2n) is 3.00. The molecule has 1 saturated heterocycles. The Kier molecular flexibility index (Phi) is 1.95. The first-order valence-corrected chi connectivity index (χ1v) is 4.37. The van der Waals surface area contributed by atoms with Crippen LogP contribution in [-0.2, 0) is 0 Å². The summed E-state index contributed by atoms with van der Waals surface area (Å²) in [6.45, 7) is 1.03. The third-order valence-electron chi connectivity index (χ3n) is 2.19. The van der Waals surface area contributed by atoms with E-state index in [1.165, 1.54) is 0 Å². The van der Waals surface area contributed by atoms with Crippen molar-refractivity contribution >= 4 is 11.6 Å². The van der Waals surface area contributed by atoms with Crippen molar-refractivity contribution in [3.8, 4) is 5.75 Å². The summed E-state index contributed by atoms with van der Waals surface area (Å²) in [5.41, 5.74) is 0.950. The molecule has 2 nitrogen and oxygen atoms in total. The summed E-state index contributed by atoms with van der Waals surface area (Å²) in [7, 11) is 0. The fraction of sp³-hybridized carbons (Fsp3) is 0.333. The molecule has 1 heterocycles. The topological polar surface area (TPSA) is 32.3 Å². The highest BCUT2D eigenvalue weighted by Gasteiger charge is 2.20. The van der Waals surface area contributed by atoms with E-state index in [-0.39, 0.29) is 0 Å². The van der Waals surface area contributed by atoms with Crippen LogP contribution >= 0.6 is 11.6 Å². The molecule has 0 radical (unpaired) electrons. The predicted octanol–water partition coefficient (Wildman–Crippen LogP) is 2.08. The Hall–Kier alpha value is -0.730. The van der Waals surface area contributed by atoms with E-state index in [1.54, 1.807) is 12.1 Å². The van der Waals surface area contributed by atoms with E-state index in [1.807, 2.05) is 6.07 Å². The van der Waals surface area contributed by atoms with Gasteiger partial charge in [0.1, 0.15) is 5.75 Å². The maximum Gasteiger partial charge on any atom is 0.121 e. The molecule has 1 atom stereocenters. The van der Waals surface area contributed by atoms with Crippen molar-refractivity contribution < 1.29 is 5.11 Å². The highest BCUT2D eigenvalue weighted by Crippen LogP contribution is 2.31. The zero-order valence-corrected chi connectivity index (χ0v) is 7.30. The van der Waals surface area contributed by atoms with Crippen molar-refractivity contribution in [2.45, 2.75) is 12.5 Å². The van der Waals surface area contributed by atoms with Crippen LogP contribution in [0.25, 0.3) is 0 Å². The summed E-state index contributed by atoms with van der Waals surface area (Å²) < 4.78 is 0. The predicted molar refractivity (Wildman–Crippen MR) is 48.5 cm³/mol. The number of phenolic OH excluding ortho intramolecular Hbond substituents is 1. The normalized spacial score (nSPS) is 21.9. The van der Waals surface area contributed by atoms with Crippen molar-refractivity contribution in [3.05, 3.63) is 28.8 Å². The maximum atomic E-state index is 9.50. The number of aromatic hydroxyl groups is 1. The lowest BCUT2D eigenvalue weighted by Gasteiger charge is -2.28. The van der Waals surface area contributed by atoms with Gasteiger partial charge in [-0.25, -0.2) is 0 Å². The summed E-state index contributed by atoms with van der Waals surface area (Å²) in [5, 5.41) is 13.3. The number of benzene rings is 1. The number of nitrogens with one attached hydrogen (secondary N) is 1. The van der Waals surface area contributed by atoms with Gasteiger partial charge >= 0.3 is 0 Å². The van der Waals surface area contributed by atoms with Gasteiger partial charge < -0.3 is 10.4 Å². The van der Waals surface area contributed by atoms with Gasteiger partial charge in [0.15, 0.2) is 0 Å². The van der Waals surface area contributed by atoms with Crippen molar-refractivity contribution in [1.82, 2.24) is 5.32 Å². The summed E-state index contributed by atoms with van der Waals surface area (Å²) in [4.78, 5) is 0. The molecule has 1 aliphatic rings. The molecule has 1 aromatic carbocycles. The second kappa shape index (κ2) is 2.96. The van der Waals surface area contributed by atoms with Crippen LogP contribution in [0.1, 0.15) is 18.0 Å². The van der Waals surface area contributed by atoms with E-state index >= 15 is 0 Å². The Labute approximate surface area is 76.2 Å². The van der Waals surface area contributed by atoms with Gasteiger partial charge in [-0.15, -0.1) is 0 Å². The molecule has 0 saturated carbocycles. The number of hydrogen-bond donors (Lipinski definition) is 2. The van der Waals surface area contributed by atoms with E-state index in [9.17, 15) is 5.11 Å². The molecule has 0 aromatic heterocycles. The minimum absolute atomic E-state index is 0.291. The summed E-state index contributed by atoms with van der Waals surface area (Å²) >= 11 is 5.70. The first kappa shape index (κ1) is 7.90. The number of phenols is 1. The Morgan fingerprint density at radius 1 is 1.50 bits per heavy atom. The summed E-state index contributed by atoms with van der Waals surface area (Å²) in [6, 6.07) is 5.57. The average Bonchev–Trinajstić information content (AvgIpc) is 1.91. The SMILES string of the molecule is Oc1cc(Cl)ccc1[C@@H]1CCN1.